The lowest BCUT2D eigenvalue weighted by Gasteiger charge is -2.29. The number of anilines is 1. The molecule has 2 aliphatic heterocycles. The fourth-order valence-corrected chi connectivity index (χ4v) is 3.57. The number of nitrogens with zero attached hydrogens (tertiary/aromatic N) is 3. The van der Waals surface area contributed by atoms with Crippen LogP contribution in [0, 0.1) is 0 Å². The van der Waals surface area contributed by atoms with Gasteiger partial charge in [-0.25, -0.2) is 4.79 Å². The molecule has 0 unspecified atom stereocenters. The van der Waals surface area contributed by atoms with Gasteiger partial charge in [-0.1, -0.05) is 0 Å². The van der Waals surface area contributed by atoms with Crippen molar-refractivity contribution in [1.29, 1.82) is 0 Å². The van der Waals surface area contributed by atoms with Crippen LogP contribution in [0.15, 0.2) is 18.5 Å². The van der Waals surface area contributed by atoms with E-state index < -0.39 is 5.60 Å². The number of amides is 1. The van der Waals surface area contributed by atoms with Gasteiger partial charge in [0.1, 0.15) is 18.0 Å². The quantitative estimate of drug-likeness (QED) is 0.815. The summed E-state index contributed by atoms with van der Waals surface area (Å²) in [7, 11) is 0. The van der Waals surface area contributed by atoms with Gasteiger partial charge < -0.3 is 19.3 Å². The van der Waals surface area contributed by atoms with Crippen LogP contribution in [-0.2, 0) is 4.74 Å². The number of carbonyl (C=O) groups is 1. The summed E-state index contributed by atoms with van der Waals surface area (Å²) in [4.78, 5) is 20.9. The number of piperidine rings is 1. The summed E-state index contributed by atoms with van der Waals surface area (Å²) in [6.07, 6.45) is 9.11. The average molecular weight is 361 g/mol. The number of aromatic nitrogens is 1. The van der Waals surface area contributed by atoms with Crippen molar-refractivity contribution >= 4 is 11.8 Å². The summed E-state index contributed by atoms with van der Waals surface area (Å²) in [5, 5.41) is 0. The molecular formula is C20H31N3O3. The predicted octanol–water partition coefficient (Wildman–Crippen LogP) is 3.85. The summed E-state index contributed by atoms with van der Waals surface area (Å²) in [5.74, 6) is 0.768. The highest BCUT2D eigenvalue weighted by Crippen LogP contribution is 2.25. The van der Waals surface area contributed by atoms with Crippen molar-refractivity contribution in [2.45, 2.75) is 64.5 Å². The molecule has 6 heteroatoms. The van der Waals surface area contributed by atoms with E-state index in [1.165, 1.54) is 19.3 Å². The van der Waals surface area contributed by atoms with Crippen molar-refractivity contribution in [2.24, 2.45) is 0 Å². The Morgan fingerprint density at radius 1 is 1.15 bits per heavy atom. The fraction of sp³-hybridized carbons (Fsp3) is 0.700. The van der Waals surface area contributed by atoms with Crippen molar-refractivity contribution in [3.63, 3.8) is 0 Å². The first-order valence-corrected chi connectivity index (χ1v) is 9.75. The minimum atomic E-state index is -0.474. The summed E-state index contributed by atoms with van der Waals surface area (Å²) in [6, 6.07) is 2.12. The molecule has 1 aromatic heterocycles. The summed E-state index contributed by atoms with van der Waals surface area (Å²) in [5.41, 5.74) is 0.648. The maximum atomic E-state index is 12.4. The van der Waals surface area contributed by atoms with E-state index in [2.05, 4.69) is 16.0 Å². The fourth-order valence-electron chi connectivity index (χ4n) is 3.57. The van der Waals surface area contributed by atoms with Gasteiger partial charge in [-0.05, 0) is 52.9 Å². The molecule has 26 heavy (non-hydrogen) atoms. The monoisotopic (exact) mass is 361 g/mol. The molecule has 144 valence electrons. The molecule has 3 heterocycles. The van der Waals surface area contributed by atoms with Crippen molar-refractivity contribution in [1.82, 2.24) is 9.88 Å². The van der Waals surface area contributed by atoms with E-state index in [0.717, 1.165) is 43.9 Å². The third kappa shape index (κ3) is 5.02. The topological polar surface area (TPSA) is 54.9 Å². The van der Waals surface area contributed by atoms with Crippen LogP contribution in [0.3, 0.4) is 0 Å². The molecule has 6 nitrogen and oxygen atoms in total. The first-order chi connectivity index (χ1) is 12.4. The van der Waals surface area contributed by atoms with Crippen LogP contribution >= 0.6 is 0 Å². The molecule has 0 radical (unpaired) electrons. The number of rotatable bonds is 4. The second kappa shape index (κ2) is 8.14. The number of hydrogen-bond donors (Lipinski definition) is 0. The summed E-state index contributed by atoms with van der Waals surface area (Å²) >= 11 is 0. The SMILES string of the molecule is CC(C)(C)OC(=O)N1CCC[C@H]1COc1cncc(N2CCCCC2)c1. The van der Waals surface area contributed by atoms with Crippen molar-refractivity contribution in [3.05, 3.63) is 18.5 Å². The zero-order valence-electron chi connectivity index (χ0n) is 16.2. The largest absolute Gasteiger partial charge is 0.490 e. The molecule has 0 N–H and O–H groups in total. The predicted molar refractivity (Wildman–Crippen MR) is 102 cm³/mol. The molecule has 2 fully saturated rings. The Kier molecular flexibility index (Phi) is 5.89. The van der Waals surface area contributed by atoms with Gasteiger partial charge in [0.25, 0.3) is 0 Å². The second-order valence-corrected chi connectivity index (χ2v) is 8.21. The smallest absolute Gasteiger partial charge is 0.410 e. The normalized spacial score (nSPS) is 21.0. The Morgan fingerprint density at radius 2 is 1.92 bits per heavy atom. The Labute approximate surface area is 156 Å². The standard InChI is InChI=1S/C20H31N3O3/c1-20(2,3)26-19(24)23-11-7-8-16(23)15-25-18-12-17(13-21-14-18)22-9-5-4-6-10-22/h12-14,16H,4-11,15H2,1-3H3/t16-/m0/s1. The van der Waals surface area contributed by atoms with E-state index in [9.17, 15) is 4.79 Å². The zero-order chi connectivity index (χ0) is 18.6. The summed E-state index contributed by atoms with van der Waals surface area (Å²) < 4.78 is 11.5. The molecule has 0 bridgehead atoms. The highest BCUT2D eigenvalue weighted by molar-refractivity contribution is 5.69. The van der Waals surface area contributed by atoms with Crippen molar-refractivity contribution in [3.8, 4) is 5.75 Å². The van der Waals surface area contributed by atoms with Crippen LogP contribution < -0.4 is 9.64 Å². The Balaban J connectivity index is 1.57. The number of carbonyl (C=O) groups excluding carboxylic acids is 1. The highest BCUT2D eigenvalue weighted by atomic mass is 16.6. The lowest BCUT2D eigenvalue weighted by Crippen LogP contribution is -2.42. The van der Waals surface area contributed by atoms with Gasteiger partial charge in [0.05, 0.1) is 24.1 Å². The van der Waals surface area contributed by atoms with Crippen LogP contribution in [0.2, 0.25) is 0 Å². The van der Waals surface area contributed by atoms with Gasteiger partial charge in [0, 0.05) is 25.7 Å². The van der Waals surface area contributed by atoms with E-state index in [1.807, 2.05) is 27.0 Å². The van der Waals surface area contributed by atoms with E-state index >= 15 is 0 Å². The molecule has 0 spiro atoms. The maximum absolute atomic E-state index is 12.4. The number of hydrogen-bond acceptors (Lipinski definition) is 5. The van der Waals surface area contributed by atoms with Crippen LogP contribution in [0.5, 0.6) is 5.75 Å². The Hall–Kier alpha value is -1.98. The molecule has 0 aliphatic carbocycles. The zero-order valence-corrected chi connectivity index (χ0v) is 16.2. The van der Waals surface area contributed by atoms with Crippen LogP contribution in [0.4, 0.5) is 10.5 Å². The molecule has 0 saturated carbocycles. The first-order valence-electron chi connectivity index (χ1n) is 9.75. The van der Waals surface area contributed by atoms with Gasteiger partial charge in [-0.3, -0.25) is 4.98 Å². The minimum Gasteiger partial charge on any atom is -0.490 e. The highest BCUT2D eigenvalue weighted by Gasteiger charge is 2.32. The van der Waals surface area contributed by atoms with E-state index in [4.69, 9.17) is 9.47 Å². The molecule has 1 amide bonds. The lowest BCUT2D eigenvalue weighted by atomic mass is 10.1. The molecule has 2 aliphatic rings. The second-order valence-electron chi connectivity index (χ2n) is 8.21. The van der Waals surface area contributed by atoms with Gasteiger partial charge in [0.2, 0.25) is 0 Å². The third-order valence-corrected chi connectivity index (χ3v) is 4.87. The summed E-state index contributed by atoms with van der Waals surface area (Å²) in [6.45, 7) is 9.05. The molecule has 1 atom stereocenters. The first kappa shape index (κ1) is 18.8. The van der Waals surface area contributed by atoms with E-state index in [1.54, 1.807) is 11.1 Å². The van der Waals surface area contributed by atoms with Gasteiger partial charge in [0.15, 0.2) is 0 Å². The molecule has 2 saturated heterocycles. The number of ether oxygens (including phenoxy) is 2. The van der Waals surface area contributed by atoms with Crippen LogP contribution in [0.1, 0.15) is 52.9 Å². The Morgan fingerprint density at radius 3 is 2.65 bits per heavy atom. The Bertz CT molecular complexity index is 609. The van der Waals surface area contributed by atoms with Crippen molar-refractivity contribution in [2.75, 3.05) is 31.1 Å². The molecule has 3 rings (SSSR count). The van der Waals surface area contributed by atoms with Crippen molar-refractivity contribution < 1.29 is 14.3 Å². The van der Waals surface area contributed by atoms with Gasteiger partial charge in [-0.2, -0.15) is 0 Å². The van der Waals surface area contributed by atoms with Crippen LogP contribution in [0.25, 0.3) is 0 Å². The number of likely N-dealkylation sites (tertiary alicyclic amines) is 1. The molecular weight excluding hydrogens is 330 g/mol. The molecule has 0 aromatic carbocycles. The van der Waals surface area contributed by atoms with Gasteiger partial charge >= 0.3 is 6.09 Å². The average Bonchev–Trinajstić information content (AvgIpc) is 3.08. The van der Waals surface area contributed by atoms with E-state index in [-0.39, 0.29) is 12.1 Å². The van der Waals surface area contributed by atoms with Gasteiger partial charge in [-0.15, -0.1) is 0 Å². The van der Waals surface area contributed by atoms with Crippen LogP contribution in [-0.4, -0.2) is 53.9 Å². The number of pyridine rings is 1. The van der Waals surface area contributed by atoms with E-state index in [0.29, 0.717) is 6.61 Å². The lowest BCUT2D eigenvalue weighted by molar-refractivity contribution is 0.0187. The third-order valence-electron chi connectivity index (χ3n) is 4.87. The minimum absolute atomic E-state index is 0.0588. The maximum Gasteiger partial charge on any atom is 0.410 e. The molecule has 1 aromatic rings.